The second kappa shape index (κ2) is 7.64. The molecular weight excluding hydrogens is 349 g/mol. The van der Waals surface area contributed by atoms with Crippen molar-refractivity contribution in [1.29, 1.82) is 0 Å². The van der Waals surface area contributed by atoms with Crippen LogP contribution in [0.4, 0.5) is 4.39 Å². The van der Waals surface area contributed by atoms with Gasteiger partial charge in [-0.3, -0.25) is 0 Å². The topological polar surface area (TPSA) is 37.4 Å². The van der Waals surface area contributed by atoms with Crippen molar-refractivity contribution >= 4 is 21.4 Å². The van der Waals surface area contributed by atoms with Gasteiger partial charge in [0.1, 0.15) is 5.82 Å². The van der Waals surface area contributed by atoms with E-state index in [0.717, 1.165) is 11.1 Å². The number of aryl methyl sites for hydroxylation is 2. The maximum atomic E-state index is 13.8. The van der Waals surface area contributed by atoms with Crippen LogP contribution in [0, 0.1) is 19.7 Å². The number of nitrogens with zero attached hydrogens (tertiary/aromatic N) is 1. The summed E-state index contributed by atoms with van der Waals surface area (Å²) in [6.45, 7) is 4.20. The molecule has 0 fully saturated rings. The average molecular weight is 370 g/mol. The van der Waals surface area contributed by atoms with Crippen molar-refractivity contribution in [2.24, 2.45) is 0 Å². The largest absolute Gasteiger partial charge is 0.301 e. The van der Waals surface area contributed by atoms with Gasteiger partial charge >= 0.3 is 0 Å². The van der Waals surface area contributed by atoms with Crippen molar-refractivity contribution in [2.75, 3.05) is 19.3 Å². The smallest absolute Gasteiger partial charge is 0.179 e. The Morgan fingerprint density at radius 1 is 1.17 bits per heavy atom. The van der Waals surface area contributed by atoms with Gasteiger partial charge in [-0.15, -0.1) is 0 Å². The third kappa shape index (κ3) is 4.56. The van der Waals surface area contributed by atoms with Crippen LogP contribution in [0.25, 0.3) is 0 Å². The molecule has 0 aliphatic heterocycles. The minimum atomic E-state index is -3.39. The van der Waals surface area contributed by atoms with Crippen molar-refractivity contribution < 1.29 is 12.8 Å². The molecule has 0 saturated carbocycles. The Morgan fingerprint density at radius 3 is 2.54 bits per heavy atom. The van der Waals surface area contributed by atoms with E-state index in [1.54, 1.807) is 37.1 Å². The highest BCUT2D eigenvalue weighted by Crippen LogP contribution is 2.21. The number of sulfone groups is 1. The third-order valence-corrected chi connectivity index (χ3v) is 6.09. The Hall–Kier alpha value is -1.43. The molecule has 0 aliphatic rings. The van der Waals surface area contributed by atoms with Gasteiger partial charge in [0.05, 0.1) is 10.6 Å². The number of halogens is 2. The van der Waals surface area contributed by atoms with E-state index in [9.17, 15) is 12.8 Å². The normalized spacial score (nSPS) is 11.9. The molecule has 24 heavy (non-hydrogen) atoms. The van der Waals surface area contributed by atoms with Crippen molar-refractivity contribution in [3.05, 3.63) is 63.9 Å². The lowest BCUT2D eigenvalue weighted by Gasteiger charge is -2.18. The van der Waals surface area contributed by atoms with Crippen molar-refractivity contribution in [1.82, 2.24) is 4.90 Å². The molecule has 0 radical (unpaired) electrons. The zero-order valence-electron chi connectivity index (χ0n) is 14.0. The lowest BCUT2D eigenvalue weighted by molar-refractivity contribution is 0.339. The fourth-order valence-electron chi connectivity index (χ4n) is 2.46. The number of hydrogen-bond acceptors (Lipinski definition) is 3. The van der Waals surface area contributed by atoms with Crippen LogP contribution >= 0.6 is 11.6 Å². The van der Waals surface area contributed by atoms with Gasteiger partial charge in [-0.25, -0.2) is 12.8 Å². The monoisotopic (exact) mass is 369 g/mol. The standard InChI is InChI=1S/C18H21ClFNO2S/c1-13-7-8-14(2)18(11-13)24(22,23)10-9-21(3)12-15-16(19)5-4-6-17(15)20/h4-8,11H,9-10,12H2,1-3H3. The molecule has 0 heterocycles. The van der Waals surface area contributed by atoms with Crippen molar-refractivity contribution in [2.45, 2.75) is 25.3 Å². The van der Waals surface area contributed by atoms with Gasteiger partial charge in [-0.2, -0.15) is 0 Å². The molecule has 0 amide bonds. The molecular formula is C18H21ClFNO2S. The molecule has 2 rings (SSSR count). The van der Waals surface area contributed by atoms with Gasteiger partial charge in [0.25, 0.3) is 0 Å². The minimum absolute atomic E-state index is 0.0279. The van der Waals surface area contributed by atoms with E-state index < -0.39 is 9.84 Å². The molecule has 2 aromatic rings. The predicted octanol–water partition coefficient (Wildman–Crippen LogP) is 4.00. The molecule has 0 aliphatic carbocycles. The summed E-state index contributed by atoms with van der Waals surface area (Å²) < 4.78 is 39.0. The van der Waals surface area contributed by atoms with Crippen LogP contribution in [0.3, 0.4) is 0 Å². The Labute approximate surface area is 148 Å². The van der Waals surface area contributed by atoms with E-state index >= 15 is 0 Å². The average Bonchev–Trinajstić information content (AvgIpc) is 2.51. The molecule has 2 aromatic carbocycles. The Balaban J connectivity index is 2.08. The van der Waals surface area contributed by atoms with Gasteiger partial charge in [0, 0.05) is 23.7 Å². The lowest BCUT2D eigenvalue weighted by atomic mass is 10.2. The Bertz CT molecular complexity index is 817. The molecule has 3 nitrogen and oxygen atoms in total. The molecule has 6 heteroatoms. The van der Waals surface area contributed by atoms with Gasteiger partial charge in [0.15, 0.2) is 9.84 Å². The van der Waals surface area contributed by atoms with Crippen LogP contribution in [0.5, 0.6) is 0 Å². The highest BCUT2D eigenvalue weighted by molar-refractivity contribution is 7.91. The Morgan fingerprint density at radius 2 is 1.88 bits per heavy atom. The maximum Gasteiger partial charge on any atom is 0.179 e. The van der Waals surface area contributed by atoms with E-state index in [1.165, 1.54) is 6.07 Å². The molecule has 0 atom stereocenters. The summed E-state index contributed by atoms with van der Waals surface area (Å²) in [7, 11) is -1.64. The first kappa shape index (κ1) is 18.9. The molecule has 0 aromatic heterocycles. The summed E-state index contributed by atoms with van der Waals surface area (Å²) in [6.07, 6.45) is 0. The lowest BCUT2D eigenvalue weighted by Crippen LogP contribution is -2.26. The number of benzene rings is 2. The molecule has 130 valence electrons. The van der Waals surface area contributed by atoms with Crippen LogP contribution in [0.1, 0.15) is 16.7 Å². The van der Waals surface area contributed by atoms with E-state index in [1.807, 2.05) is 19.1 Å². The summed E-state index contributed by atoms with van der Waals surface area (Å²) in [4.78, 5) is 2.12. The summed E-state index contributed by atoms with van der Waals surface area (Å²) in [5.74, 6) is -0.411. The van der Waals surface area contributed by atoms with Gasteiger partial charge in [-0.05, 0) is 50.2 Å². The van der Waals surface area contributed by atoms with E-state index in [4.69, 9.17) is 11.6 Å². The van der Waals surface area contributed by atoms with Crippen LogP contribution in [-0.2, 0) is 16.4 Å². The van der Waals surface area contributed by atoms with Crippen LogP contribution in [0.2, 0.25) is 5.02 Å². The maximum absolute atomic E-state index is 13.8. The summed E-state index contributed by atoms with van der Waals surface area (Å²) in [6, 6.07) is 9.92. The van der Waals surface area contributed by atoms with Gasteiger partial charge < -0.3 is 4.90 Å². The summed E-state index contributed by atoms with van der Waals surface area (Å²) in [5.41, 5.74) is 2.02. The second-order valence-electron chi connectivity index (χ2n) is 6.03. The van der Waals surface area contributed by atoms with Crippen molar-refractivity contribution in [3.63, 3.8) is 0 Å². The zero-order valence-corrected chi connectivity index (χ0v) is 15.6. The minimum Gasteiger partial charge on any atom is -0.301 e. The summed E-state index contributed by atoms with van der Waals surface area (Å²) >= 11 is 6.01. The number of rotatable bonds is 6. The highest BCUT2D eigenvalue weighted by Gasteiger charge is 2.19. The van der Waals surface area contributed by atoms with Crippen LogP contribution < -0.4 is 0 Å². The predicted molar refractivity (Wildman–Crippen MR) is 95.7 cm³/mol. The highest BCUT2D eigenvalue weighted by atomic mass is 35.5. The fraction of sp³-hybridized carbons (Fsp3) is 0.333. The van der Waals surface area contributed by atoms with Crippen molar-refractivity contribution in [3.8, 4) is 0 Å². The molecule has 0 bridgehead atoms. The van der Waals surface area contributed by atoms with E-state index in [0.29, 0.717) is 22.0 Å². The van der Waals surface area contributed by atoms with Gasteiger partial charge in [0.2, 0.25) is 0 Å². The SMILES string of the molecule is Cc1ccc(C)c(S(=O)(=O)CCN(C)Cc2c(F)cccc2Cl)c1. The molecule has 0 N–H and O–H groups in total. The summed E-state index contributed by atoms with van der Waals surface area (Å²) in [5, 5.41) is 0.347. The second-order valence-corrected chi connectivity index (χ2v) is 8.51. The van der Waals surface area contributed by atoms with E-state index in [2.05, 4.69) is 0 Å². The Kier molecular flexibility index (Phi) is 6.01. The quantitative estimate of drug-likeness (QED) is 0.772. The molecule has 0 saturated heterocycles. The first-order valence-electron chi connectivity index (χ1n) is 7.62. The third-order valence-electron chi connectivity index (χ3n) is 3.91. The zero-order chi connectivity index (χ0) is 17.9. The van der Waals surface area contributed by atoms with Gasteiger partial charge in [-0.1, -0.05) is 29.8 Å². The molecule has 0 unspecified atom stereocenters. The molecule has 0 spiro atoms. The van der Waals surface area contributed by atoms with Crippen LogP contribution in [0.15, 0.2) is 41.3 Å². The number of hydrogen-bond donors (Lipinski definition) is 0. The first-order chi connectivity index (χ1) is 11.2. The van der Waals surface area contributed by atoms with Crippen LogP contribution in [-0.4, -0.2) is 32.7 Å². The van der Waals surface area contributed by atoms with E-state index in [-0.39, 0.29) is 18.1 Å². The first-order valence-corrected chi connectivity index (χ1v) is 9.65. The fourth-order valence-corrected chi connectivity index (χ4v) is 4.38.